The maximum atomic E-state index is 14.8. The average Bonchev–Trinajstić information content (AvgIpc) is 3.44. The lowest BCUT2D eigenvalue weighted by Gasteiger charge is -2.17. The van der Waals surface area contributed by atoms with E-state index in [0.717, 1.165) is 12.1 Å². The van der Waals surface area contributed by atoms with Gasteiger partial charge in [-0.25, -0.2) is 18.2 Å². The van der Waals surface area contributed by atoms with Gasteiger partial charge in [-0.2, -0.15) is 0 Å². The zero-order valence-electron chi connectivity index (χ0n) is 16.8. The fourth-order valence-electron chi connectivity index (χ4n) is 4.52. The number of nitrogens with one attached hydrogen (secondary N) is 1. The predicted octanol–water partition coefficient (Wildman–Crippen LogP) is 4.43. The Bertz CT molecular complexity index is 1210. The van der Waals surface area contributed by atoms with Gasteiger partial charge < -0.3 is 16.2 Å². The molecule has 9 heteroatoms. The molecule has 1 heterocycles. The number of aromatic nitrogens is 2. The number of aliphatic carboxylic acids is 1. The molecular weight excluding hydrogens is 421 g/mol. The molecule has 1 fully saturated rings. The second-order valence-electron chi connectivity index (χ2n) is 8.20. The number of benzene rings is 2. The van der Waals surface area contributed by atoms with Gasteiger partial charge in [-0.1, -0.05) is 6.07 Å². The first kappa shape index (κ1) is 20.3. The molecule has 0 aliphatic heterocycles. The first-order chi connectivity index (χ1) is 15.3. The maximum absolute atomic E-state index is 14.8. The Hall–Kier alpha value is -3.62. The van der Waals surface area contributed by atoms with E-state index in [9.17, 15) is 18.0 Å². The lowest BCUT2D eigenvalue weighted by atomic mass is 9.95. The summed E-state index contributed by atoms with van der Waals surface area (Å²) >= 11 is 0. The van der Waals surface area contributed by atoms with Gasteiger partial charge in [0, 0.05) is 17.2 Å². The second kappa shape index (κ2) is 7.51. The minimum Gasteiger partial charge on any atom is -0.481 e. The molecule has 4 N–H and O–H groups in total. The van der Waals surface area contributed by atoms with Crippen LogP contribution in [0.1, 0.15) is 41.6 Å². The highest BCUT2D eigenvalue weighted by Crippen LogP contribution is 2.47. The number of carboxylic acids is 1. The lowest BCUT2D eigenvalue weighted by Crippen LogP contribution is -2.11. The van der Waals surface area contributed by atoms with E-state index in [1.54, 1.807) is 0 Å². The molecule has 32 heavy (non-hydrogen) atoms. The van der Waals surface area contributed by atoms with Crippen LogP contribution in [0.3, 0.4) is 0 Å². The van der Waals surface area contributed by atoms with E-state index < -0.39 is 35.4 Å². The van der Waals surface area contributed by atoms with Crippen LogP contribution in [0.5, 0.6) is 0 Å². The third-order valence-corrected chi connectivity index (χ3v) is 6.15. The molecule has 0 bridgehead atoms. The van der Waals surface area contributed by atoms with Gasteiger partial charge in [-0.05, 0) is 48.6 Å². The van der Waals surface area contributed by atoms with Gasteiger partial charge in [-0.15, -0.1) is 0 Å². The monoisotopic (exact) mass is 440 g/mol. The maximum Gasteiger partial charge on any atom is 0.307 e. The SMILES string of the molecule is Nc1cc(F)c(-c2ccc(F)c3c2CC[C@H]3Nc2cnc([C@H]3C[C@@H]3C(=O)O)cn2)c(F)c1. The lowest BCUT2D eigenvalue weighted by molar-refractivity contribution is -0.138. The predicted molar refractivity (Wildman–Crippen MR) is 111 cm³/mol. The van der Waals surface area contributed by atoms with Crippen LogP contribution in [-0.4, -0.2) is 21.0 Å². The van der Waals surface area contributed by atoms with Crippen molar-refractivity contribution in [1.82, 2.24) is 9.97 Å². The van der Waals surface area contributed by atoms with Crippen LogP contribution in [0.2, 0.25) is 0 Å². The number of anilines is 2. The molecule has 0 saturated heterocycles. The molecule has 5 rings (SSSR count). The topological polar surface area (TPSA) is 101 Å². The molecule has 2 aliphatic carbocycles. The van der Waals surface area contributed by atoms with Crippen molar-refractivity contribution in [3.63, 3.8) is 0 Å². The van der Waals surface area contributed by atoms with Crippen molar-refractivity contribution in [1.29, 1.82) is 0 Å². The molecule has 164 valence electrons. The smallest absolute Gasteiger partial charge is 0.307 e. The summed E-state index contributed by atoms with van der Waals surface area (Å²) in [5, 5.41) is 12.2. The summed E-state index contributed by atoms with van der Waals surface area (Å²) in [6.45, 7) is 0. The normalized spacial score (nSPS) is 21.3. The first-order valence-corrected chi connectivity index (χ1v) is 10.2. The molecule has 0 unspecified atom stereocenters. The highest BCUT2D eigenvalue weighted by atomic mass is 19.1. The molecule has 0 spiro atoms. The fourth-order valence-corrected chi connectivity index (χ4v) is 4.52. The highest BCUT2D eigenvalue weighted by Gasteiger charge is 2.45. The summed E-state index contributed by atoms with van der Waals surface area (Å²) in [6.07, 6.45) is 4.49. The third-order valence-electron chi connectivity index (χ3n) is 6.15. The number of nitrogens with two attached hydrogens (primary N) is 1. The molecule has 2 aliphatic rings. The van der Waals surface area contributed by atoms with E-state index in [0.29, 0.717) is 47.5 Å². The number of rotatable bonds is 5. The van der Waals surface area contributed by atoms with Gasteiger partial charge in [0.25, 0.3) is 0 Å². The summed E-state index contributed by atoms with van der Waals surface area (Å²) in [4.78, 5) is 19.6. The van der Waals surface area contributed by atoms with E-state index >= 15 is 0 Å². The molecule has 1 aromatic heterocycles. The van der Waals surface area contributed by atoms with Crippen molar-refractivity contribution in [2.45, 2.75) is 31.2 Å². The van der Waals surface area contributed by atoms with Crippen LogP contribution >= 0.6 is 0 Å². The zero-order chi connectivity index (χ0) is 22.6. The summed E-state index contributed by atoms with van der Waals surface area (Å²) in [7, 11) is 0. The molecule has 1 saturated carbocycles. The number of hydrogen-bond acceptors (Lipinski definition) is 5. The molecular formula is C23H19F3N4O2. The zero-order valence-corrected chi connectivity index (χ0v) is 16.8. The Morgan fingerprint density at radius 1 is 1.09 bits per heavy atom. The Balaban J connectivity index is 1.42. The van der Waals surface area contributed by atoms with Crippen molar-refractivity contribution in [2.75, 3.05) is 11.1 Å². The van der Waals surface area contributed by atoms with Gasteiger partial charge in [-0.3, -0.25) is 9.78 Å². The van der Waals surface area contributed by atoms with Crippen molar-refractivity contribution < 1.29 is 23.1 Å². The fraction of sp³-hybridized carbons (Fsp3) is 0.261. The number of carboxylic acid groups (broad SMARTS) is 1. The van der Waals surface area contributed by atoms with E-state index in [4.69, 9.17) is 10.8 Å². The quantitative estimate of drug-likeness (QED) is 0.508. The molecule has 2 aromatic carbocycles. The number of carbonyl (C=O) groups is 1. The molecule has 0 amide bonds. The number of fused-ring (bicyclic) bond motifs is 1. The van der Waals surface area contributed by atoms with Crippen molar-refractivity contribution in [3.05, 3.63) is 70.9 Å². The summed E-state index contributed by atoms with van der Waals surface area (Å²) in [6, 6.07) is 4.24. The number of halogens is 3. The molecule has 3 atom stereocenters. The van der Waals surface area contributed by atoms with Crippen molar-refractivity contribution in [3.8, 4) is 11.1 Å². The average molecular weight is 440 g/mol. The van der Waals surface area contributed by atoms with Gasteiger partial charge in [0.15, 0.2) is 0 Å². The Kier molecular flexibility index (Phi) is 4.76. The molecule has 3 aromatic rings. The number of nitrogens with zero attached hydrogens (tertiary/aromatic N) is 2. The van der Waals surface area contributed by atoms with Crippen LogP contribution in [0, 0.1) is 23.4 Å². The van der Waals surface area contributed by atoms with Crippen LogP contribution in [-0.2, 0) is 11.2 Å². The van der Waals surface area contributed by atoms with Gasteiger partial charge in [0.05, 0.1) is 35.6 Å². The van der Waals surface area contributed by atoms with Gasteiger partial charge in [0.1, 0.15) is 23.3 Å². The van der Waals surface area contributed by atoms with E-state index in [1.165, 1.54) is 24.5 Å². The Labute approximate surface area is 181 Å². The molecule has 6 nitrogen and oxygen atoms in total. The van der Waals surface area contributed by atoms with Crippen LogP contribution in [0.15, 0.2) is 36.7 Å². The molecule has 0 radical (unpaired) electrons. The van der Waals surface area contributed by atoms with Gasteiger partial charge >= 0.3 is 5.97 Å². The first-order valence-electron chi connectivity index (χ1n) is 10.2. The Morgan fingerprint density at radius 3 is 2.47 bits per heavy atom. The number of nitrogen functional groups attached to an aromatic ring is 1. The largest absolute Gasteiger partial charge is 0.481 e. The van der Waals surface area contributed by atoms with E-state index in [2.05, 4.69) is 15.3 Å². The van der Waals surface area contributed by atoms with E-state index in [1.807, 2.05) is 0 Å². The second-order valence-corrected chi connectivity index (χ2v) is 8.20. The van der Waals surface area contributed by atoms with Crippen LogP contribution < -0.4 is 11.1 Å². The standard InChI is InChI=1S/C23H19F3N4O2/c24-15-3-1-11(21-16(25)5-10(27)6-17(21)26)12-2-4-18(22(12)15)30-20-9-28-19(8-29-20)13-7-14(13)23(31)32/h1,3,5-6,8-9,13-14,18H,2,4,7,27H2,(H,29,30)(H,31,32)/t13-,14-,18+/m0/s1. The van der Waals surface area contributed by atoms with Gasteiger partial charge in [0.2, 0.25) is 0 Å². The van der Waals surface area contributed by atoms with Crippen LogP contribution in [0.4, 0.5) is 24.7 Å². The highest BCUT2D eigenvalue weighted by molar-refractivity contribution is 5.75. The minimum absolute atomic E-state index is 0.0232. The summed E-state index contributed by atoms with van der Waals surface area (Å²) < 4.78 is 43.8. The summed E-state index contributed by atoms with van der Waals surface area (Å²) in [5.41, 5.74) is 7.06. The minimum atomic E-state index is -0.846. The third kappa shape index (κ3) is 3.43. The van der Waals surface area contributed by atoms with Crippen molar-refractivity contribution >= 4 is 17.5 Å². The summed E-state index contributed by atoms with van der Waals surface area (Å²) in [5.74, 6) is -3.06. The van der Waals surface area contributed by atoms with Crippen LogP contribution in [0.25, 0.3) is 11.1 Å². The number of hydrogen-bond donors (Lipinski definition) is 3. The van der Waals surface area contributed by atoms with Crippen molar-refractivity contribution in [2.24, 2.45) is 5.92 Å². The van der Waals surface area contributed by atoms with E-state index in [-0.39, 0.29) is 17.2 Å². The Morgan fingerprint density at radius 2 is 1.84 bits per heavy atom.